The quantitative estimate of drug-likeness (QED) is 0.730. The second-order valence-corrected chi connectivity index (χ2v) is 8.65. The minimum atomic E-state index is -0.120. The fourth-order valence-corrected chi connectivity index (χ4v) is 5.09. The average molecular weight is 390 g/mol. The van der Waals surface area contributed by atoms with Gasteiger partial charge in [-0.15, -0.1) is 0 Å². The highest BCUT2D eigenvalue weighted by Gasteiger charge is 2.30. The van der Waals surface area contributed by atoms with Crippen molar-refractivity contribution in [3.05, 3.63) is 30.1 Å². The van der Waals surface area contributed by atoms with E-state index in [2.05, 4.69) is 16.7 Å². The standard InChI is InChI=1S/C23H36FN3O/c1-2-5-20(23(25)28)19-10-8-18(9-11-19)12-13-26-14-16-27(17-15-26)22-7-4-3-6-21(22)24/h3-4,6-7,18-20H,2,5,8-17H2,1H3,(H2,25,28). The molecule has 0 bridgehead atoms. The Kier molecular flexibility index (Phi) is 7.72. The monoisotopic (exact) mass is 389 g/mol. The number of para-hydroxylation sites is 1. The van der Waals surface area contributed by atoms with Gasteiger partial charge in [-0.3, -0.25) is 9.69 Å². The summed E-state index contributed by atoms with van der Waals surface area (Å²) < 4.78 is 14.0. The number of amides is 1. The molecule has 1 aromatic rings. The minimum absolute atomic E-state index is 0.0809. The number of primary amides is 1. The third-order valence-corrected chi connectivity index (χ3v) is 6.84. The first kappa shape index (κ1) is 21.1. The van der Waals surface area contributed by atoms with Crippen LogP contribution in [0.2, 0.25) is 0 Å². The van der Waals surface area contributed by atoms with Gasteiger partial charge in [0, 0.05) is 32.1 Å². The molecule has 0 spiro atoms. The van der Waals surface area contributed by atoms with E-state index in [0.717, 1.165) is 70.0 Å². The number of anilines is 1. The van der Waals surface area contributed by atoms with Crippen molar-refractivity contribution < 1.29 is 9.18 Å². The van der Waals surface area contributed by atoms with Gasteiger partial charge in [0.25, 0.3) is 0 Å². The number of hydrogen-bond donors (Lipinski definition) is 1. The summed E-state index contributed by atoms with van der Waals surface area (Å²) in [5.74, 6) is 1.13. The molecule has 1 aromatic carbocycles. The number of rotatable bonds is 8. The largest absolute Gasteiger partial charge is 0.369 e. The van der Waals surface area contributed by atoms with Crippen LogP contribution in [0.4, 0.5) is 10.1 Å². The van der Waals surface area contributed by atoms with E-state index in [-0.39, 0.29) is 17.6 Å². The van der Waals surface area contributed by atoms with Crippen LogP contribution < -0.4 is 10.6 Å². The number of carbonyl (C=O) groups is 1. The van der Waals surface area contributed by atoms with Crippen molar-refractivity contribution in [1.82, 2.24) is 4.90 Å². The fraction of sp³-hybridized carbons (Fsp3) is 0.696. The van der Waals surface area contributed by atoms with Gasteiger partial charge in [-0.05, 0) is 56.2 Å². The number of carbonyl (C=O) groups excluding carboxylic acids is 1. The van der Waals surface area contributed by atoms with Crippen LogP contribution >= 0.6 is 0 Å². The van der Waals surface area contributed by atoms with Crippen molar-refractivity contribution in [3.63, 3.8) is 0 Å². The molecule has 3 rings (SSSR count). The lowest BCUT2D eigenvalue weighted by atomic mass is 9.73. The van der Waals surface area contributed by atoms with Crippen molar-refractivity contribution in [2.45, 2.75) is 51.9 Å². The highest BCUT2D eigenvalue weighted by atomic mass is 19.1. The van der Waals surface area contributed by atoms with Gasteiger partial charge < -0.3 is 10.6 Å². The molecule has 1 amide bonds. The van der Waals surface area contributed by atoms with E-state index in [1.54, 1.807) is 12.1 Å². The van der Waals surface area contributed by atoms with E-state index in [9.17, 15) is 9.18 Å². The molecule has 2 aliphatic rings. The van der Waals surface area contributed by atoms with Crippen LogP contribution in [0.15, 0.2) is 24.3 Å². The molecule has 5 heteroatoms. The van der Waals surface area contributed by atoms with E-state index < -0.39 is 0 Å². The summed E-state index contributed by atoms with van der Waals surface area (Å²) in [7, 11) is 0. The van der Waals surface area contributed by atoms with Gasteiger partial charge in [-0.2, -0.15) is 0 Å². The lowest BCUT2D eigenvalue weighted by Crippen LogP contribution is -2.47. The summed E-state index contributed by atoms with van der Waals surface area (Å²) in [6.45, 7) is 7.06. The SMILES string of the molecule is CCCC(C(N)=O)C1CCC(CCN2CCN(c3ccccc3F)CC2)CC1. The van der Waals surface area contributed by atoms with Gasteiger partial charge in [0.05, 0.1) is 5.69 Å². The number of benzene rings is 1. The molecule has 1 saturated carbocycles. The molecule has 1 atom stereocenters. The van der Waals surface area contributed by atoms with Gasteiger partial charge in [0.1, 0.15) is 5.82 Å². The summed E-state index contributed by atoms with van der Waals surface area (Å²) in [5.41, 5.74) is 6.37. The summed E-state index contributed by atoms with van der Waals surface area (Å²) >= 11 is 0. The lowest BCUT2D eigenvalue weighted by Gasteiger charge is -2.37. The van der Waals surface area contributed by atoms with Crippen LogP contribution in [0, 0.1) is 23.6 Å². The molecule has 1 aliphatic heterocycles. The van der Waals surface area contributed by atoms with Gasteiger partial charge in [0.15, 0.2) is 0 Å². The fourth-order valence-electron chi connectivity index (χ4n) is 5.09. The number of nitrogens with two attached hydrogens (primary N) is 1. The van der Waals surface area contributed by atoms with Crippen molar-refractivity contribution in [3.8, 4) is 0 Å². The predicted octanol–water partition coefficient (Wildman–Crippen LogP) is 4.05. The Balaban J connectivity index is 1.37. The molecular formula is C23H36FN3O. The first-order chi connectivity index (χ1) is 13.6. The van der Waals surface area contributed by atoms with Gasteiger partial charge in [0.2, 0.25) is 5.91 Å². The molecular weight excluding hydrogens is 353 g/mol. The van der Waals surface area contributed by atoms with Gasteiger partial charge >= 0.3 is 0 Å². The zero-order valence-electron chi connectivity index (χ0n) is 17.3. The molecule has 0 radical (unpaired) electrons. The minimum Gasteiger partial charge on any atom is -0.369 e. The zero-order valence-corrected chi connectivity index (χ0v) is 17.3. The molecule has 156 valence electrons. The molecule has 2 fully saturated rings. The molecule has 1 saturated heterocycles. The second-order valence-electron chi connectivity index (χ2n) is 8.65. The smallest absolute Gasteiger partial charge is 0.220 e. The van der Waals surface area contributed by atoms with E-state index in [1.165, 1.54) is 19.3 Å². The Morgan fingerprint density at radius 3 is 2.43 bits per heavy atom. The highest BCUT2D eigenvalue weighted by molar-refractivity contribution is 5.76. The van der Waals surface area contributed by atoms with Crippen molar-refractivity contribution in [2.24, 2.45) is 23.5 Å². The summed E-state index contributed by atoms with van der Waals surface area (Å²) in [6.07, 6.45) is 7.98. The third-order valence-electron chi connectivity index (χ3n) is 6.84. The van der Waals surface area contributed by atoms with Crippen LogP contribution in [0.5, 0.6) is 0 Å². The molecule has 28 heavy (non-hydrogen) atoms. The number of hydrogen-bond acceptors (Lipinski definition) is 3. The Bertz CT molecular complexity index is 622. The topological polar surface area (TPSA) is 49.6 Å². The van der Waals surface area contributed by atoms with Crippen LogP contribution in [0.3, 0.4) is 0 Å². The highest BCUT2D eigenvalue weighted by Crippen LogP contribution is 2.36. The van der Waals surface area contributed by atoms with Crippen LogP contribution in [0.25, 0.3) is 0 Å². The average Bonchev–Trinajstić information content (AvgIpc) is 2.72. The summed E-state index contributed by atoms with van der Waals surface area (Å²) in [4.78, 5) is 16.4. The van der Waals surface area contributed by atoms with Gasteiger partial charge in [-0.1, -0.05) is 38.3 Å². The van der Waals surface area contributed by atoms with E-state index in [1.807, 2.05) is 12.1 Å². The van der Waals surface area contributed by atoms with Crippen LogP contribution in [-0.4, -0.2) is 43.5 Å². The number of piperazine rings is 1. The maximum Gasteiger partial charge on any atom is 0.220 e. The van der Waals surface area contributed by atoms with E-state index in [4.69, 9.17) is 5.73 Å². The van der Waals surface area contributed by atoms with Crippen molar-refractivity contribution >= 4 is 11.6 Å². The van der Waals surface area contributed by atoms with Crippen molar-refractivity contribution in [1.29, 1.82) is 0 Å². The molecule has 2 N–H and O–H groups in total. The Morgan fingerprint density at radius 1 is 1.14 bits per heavy atom. The van der Waals surface area contributed by atoms with E-state index in [0.29, 0.717) is 5.92 Å². The summed E-state index contributed by atoms with van der Waals surface area (Å²) in [6, 6.07) is 7.07. The normalized spacial score (nSPS) is 24.9. The first-order valence-electron chi connectivity index (χ1n) is 11.1. The summed E-state index contributed by atoms with van der Waals surface area (Å²) in [5, 5.41) is 0. The maximum atomic E-state index is 14.0. The van der Waals surface area contributed by atoms with E-state index >= 15 is 0 Å². The molecule has 4 nitrogen and oxygen atoms in total. The Hall–Kier alpha value is -1.62. The lowest BCUT2D eigenvalue weighted by molar-refractivity contribution is -0.124. The zero-order chi connectivity index (χ0) is 19.9. The Morgan fingerprint density at radius 2 is 1.82 bits per heavy atom. The van der Waals surface area contributed by atoms with Crippen LogP contribution in [-0.2, 0) is 4.79 Å². The maximum absolute atomic E-state index is 14.0. The first-order valence-corrected chi connectivity index (χ1v) is 11.1. The number of halogens is 1. The predicted molar refractivity (Wildman–Crippen MR) is 113 cm³/mol. The van der Waals surface area contributed by atoms with Crippen molar-refractivity contribution in [2.75, 3.05) is 37.6 Å². The van der Waals surface area contributed by atoms with Crippen LogP contribution in [0.1, 0.15) is 51.9 Å². The number of nitrogens with zero attached hydrogens (tertiary/aromatic N) is 2. The van der Waals surface area contributed by atoms with Gasteiger partial charge in [-0.25, -0.2) is 4.39 Å². The molecule has 0 aromatic heterocycles. The third kappa shape index (κ3) is 5.47. The molecule has 1 heterocycles. The second kappa shape index (κ2) is 10.2. The molecule has 1 aliphatic carbocycles. The Labute approximate surface area is 169 Å². The molecule has 1 unspecified atom stereocenters.